The molecule has 0 spiro atoms. The Morgan fingerprint density at radius 1 is 1.07 bits per heavy atom. The summed E-state index contributed by atoms with van der Waals surface area (Å²) in [6.45, 7) is 1.84. The summed E-state index contributed by atoms with van der Waals surface area (Å²) in [5, 5.41) is 4.09. The van der Waals surface area contributed by atoms with Crippen molar-refractivity contribution in [3.63, 3.8) is 0 Å². The molecule has 3 aromatic heterocycles. The van der Waals surface area contributed by atoms with Crippen molar-refractivity contribution in [3.8, 4) is 39.7 Å². The van der Waals surface area contributed by atoms with Crippen molar-refractivity contribution >= 4 is 59.4 Å². The highest BCUT2D eigenvalue weighted by atomic mass is 79.9. The highest BCUT2D eigenvalue weighted by molar-refractivity contribution is 9.10. The minimum atomic E-state index is -3.72. The van der Waals surface area contributed by atoms with Gasteiger partial charge in [-0.2, -0.15) is 0 Å². The molecule has 0 saturated heterocycles. The summed E-state index contributed by atoms with van der Waals surface area (Å²) >= 11 is 3.76. The van der Waals surface area contributed by atoms with Crippen molar-refractivity contribution in [1.82, 2.24) is 14.9 Å². The van der Waals surface area contributed by atoms with Crippen molar-refractivity contribution in [2.75, 3.05) is 17.5 Å². The quantitative estimate of drug-likeness (QED) is 0.194. The zero-order chi connectivity index (χ0) is 30.7. The predicted octanol–water partition coefficient (Wildman–Crippen LogP) is 7.16. The lowest BCUT2D eigenvalue weighted by atomic mass is 10.0. The average molecular weight is 676 g/mol. The minimum Gasteiger partial charge on any atom is -0.470 e. The number of anilines is 1. The van der Waals surface area contributed by atoms with E-state index in [1.54, 1.807) is 24.3 Å². The van der Waals surface area contributed by atoms with Gasteiger partial charge in [0.25, 0.3) is 5.91 Å². The van der Waals surface area contributed by atoms with Crippen molar-refractivity contribution in [1.29, 1.82) is 0 Å². The number of para-hydroxylation sites is 1. The van der Waals surface area contributed by atoms with E-state index in [0.29, 0.717) is 40.4 Å². The molecule has 44 heavy (non-hydrogen) atoms. The van der Waals surface area contributed by atoms with Crippen LogP contribution in [0.15, 0.2) is 81.7 Å². The Bertz CT molecular complexity index is 2240. The normalized spacial score (nSPS) is 12.5. The summed E-state index contributed by atoms with van der Waals surface area (Å²) in [6.07, 6.45) is 0. The lowest BCUT2D eigenvalue weighted by molar-refractivity contribution is 0.0964. The molecule has 12 heteroatoms. The smallest absolute Gasteiger partial charge is 0.255 e. The molecule has 0 unspecified atom stereocenters. The number of carbonyl (C=O) groups excluding carboxylic acids is 1. The first-order chi connectivity index (χ1) is 21.2. The van der Waals surface area contributed by atoms with E-state index in [1.165, 1.54) is 38.2 Å². The second kappa shape index (κ2) is 10.5. The van der Waals surface area contributed by atoms with E-state index in [2.05, 4.69) is 26.0 Å². The van der Waals surface area contributed by atoms with Crippen LogP contribution in [0.4, 0.5) is 10.1 Å². The first-order valence-corrected chi connectivity index (χ1v) is 16.1. The topological polar surface area (TPSA) is 115 Å². The second-order valence-corrected chi connectivity index (χ2v) is 13.0. The Morgan fingerprint density at radius 3 is 2.59 bits per heavy atom. The minimum absolute atomic E-state index is 0.161. The van der Waals surface area contributed by atoms with E-state index in [9.17, 15) is 17.6 Å². The van der Waals surface area contributed by atoms with E-state index in [4.69, 9.17) is 14.1 Å². The van der Waals surface area contributed by atoms with Crippen molar-refractivity contribution in [3.05, 3.63) is 88.6 Å². The summed E-state index contributed by atoms with van der Waals surface area (Å²) in [6, 6.07) is 20.3. The molecule has 222 valence electrons. The second-order valence-electron chi connectivity index (χ2n) is 10.2. The third kappa shape index (κ3) is 4.52. The van der Waals surface area contributed by atoms with Gasteiger partial charge in [-0.05, 0) is 71.4 Å². The zero-order valence-corrected chi connectivity index (χ0v) is 25.8. The molecule has 3 aromatic carbocycles. The van der Waals surface area contributed by atoms with Crippen LogP contribution in [0, 0.1) is 5.82 Å². The Morgan fingerprint density at radius 2 is 1.84 bits per heavy atom. The summed E-state index contributed by atoms with van der Waals surface area (Å²) in [5.74, 6) is -0.212. The van der Waals surface area contributed by atoms with Crippen LogP contribution in [-0.2, 0) is 16.8 Å². The fraction of sp³-hybridized carbons (Fsp3) is 0.125. The number of ether oxygens (including phenoxy) is 1. The number of aromatic nitrogens is 2. The number of nitrogens with one attached hydrogen (secondary N) is 2. The molecule has 1 aliphatic heterocycles. The molecule has 1 aliphatic rings. The van der Waals surface area contributed by atoms with Crippen molar-refractivity contribution in [2.24, 2.45) is 0 Å². The summed E-state index contributed by atoms with van der Waals surface area (Å²) in [4.78, 5) is 18.2. The fourth-order valence-corrected chi connectivity index (χ4v) is 6.86. The Labute approximate surface area is 259 Å². The van der Waals surface area contributed by atoms with Gasteiger partial charge in [0.1, 0.15) is 28.6 Å². The number of fused-ring (bicyclic) bond motifs is 6. The third-order valence-corrected chi connectivity index (χ3v) is 9.74. The van der Waals surface area contributed by atoms with Crippen molar-refractivity contribution < 1.29 is 26.8 Å². The van der Waals surface area contributed by atoms with Gasteiger partial charge in [0.15, 0.2) is 6.73 Å². The lowest BCUT2D eigenvalue weighted by Gasteiger charge is -2.21. The number of pyridine rings is 1. The predicted molar refractivity (Wildman–Crippen MR) is 171 cm³/mol. The maximum atomic E-state index is 13.7. The molecule has 0 radical (unpaired) electrons. The number of sulfonamides is 1. The van der Waals surface area contributed by atoms with Crippen LogP contribution in [0.3, 0.4) is 0 Å². The van der Waals surface area contributed by atoms with E-state index >= 15 is 0 Å². The standard InChI is InChI=1S/C32H24BrFN4O5S/c1-3-44(40,41)37-23-15-26-21(27(32(39)35-2)31(43-26)17-8-10-18(34)11-9-17)14-20(23)22-12-13-25-29(36-22)30-28(33)19-6-4-5-7-24(19)38(30)16-42-25/h4-15,37H,3,16H2,1-2H3,(H,35,39). The van der Waals surface area contributed by atoms with Gasteiger partial charge < -0.3 is 19.0 Å². The van der Waals surface area contributed by atoms with Gasteiger partial charge in [0, 0.05) is 35.0 Å². The SMILES string of the molecule is CCS(=O)(=O)Nc1cc2oc(-c3ccc(F)cc3)c(C(=O)NC)c2cc1-c1ccc2c(n1)-c1c(Br)c3ccccc3n1CO2. The van der Waals surface area contributed by atoms with Crippen LogP contribution in [0.1, 0.15) is 17.3 Å². The van der Waals surface area contributed by atoms with Crippen LogP contribution in [0.2, 0.25) is 0 Å². The molecule has 0 saturated carbocycles. The highest BCUT2D eigenvalue weighted by Crippen LogP contribution is 2.45. The Balaban J connectivity index is 1.49. The molecule has 0 atom stereocenters. The molecule has 7 rings (SSSR count). The number of furan rings is 1. The molecule has 0 bridgehead atoms. The first-order valence-electron chi connectivity index (χ1n) is 13.7. The number of benzene rings is 3. The van der Waals surface area contributed by atoms with E-state index in [-0.39, 0.29) is 28.3 Å². The van der Waals surface area contributed by atoms with Gasteiger partial charge in [-0.3, -0.25) is 9.52 Å². The van der Waals surface area contributed by atoms with Crippen LogP contribution >= 0.6 is 15.9 Å². The fourth-order valence-electron chi connectivity index (χ4n) is 5.48. The Hall–Kier alpha value is -4.68. The molecular weight excluding hydrogens is 651 g/mol. The van der Waals surface area contributed by atoms with E-state index < -0.39 is 21.7 Å². The largest absolute Gasteiger partial charge is 0.470 e. The maximum absolute atomic E-state index is 13.7. The number of carbonyl (C=O) groups is 1. The molecule has 4 heterocycles. The molecule has 0 fully saturated rings. The summed E-state index contributed by atoms with van der Waals surface area (Å²) in [7, 11) is -2.22. The number of amides is 1. The molecule has 0 aliphatic carbocycles. The van der Waals surface area contributed by atoms with Crippen LogP contribution in [0.25, 0.3) is 55.8 Å². The molecule has 2 N–H and O–H groups in total. The van der Waals surface area contributed by atoms with Gasteiger partial charge in [-0.1, -0.05) is 18.2 Å². The maximum Gasteiger partial charge on any atom is 0.255 e. The van der Waals surface area contributed by atoms with Crippen LogP contribution < -0.4 is 14.8 Å². The number of rotatable bonds is 6. The Kier molecular flexibility index (Phi) is 6.70. The number of hydrogen-bond donors (Lipinski definition) is 2. The van der Waals surface area contributed by atoms with Gasteiger partial charge >= 0.3 is 0 Å². The monoisotopic (exact) mass is 674 g/mol. The molecule has 6 aromatic rings. The summed E-state index contributed by atoms with van der Waals surface area (Å²) in [5.41, 5.74) is 4.47. The molecular formula is C32H24BrFN4O5S. The molecule has 9 nitrogen and oxygen atoms in total. The van der Waals surface area contributed by atoms with E-state index in [1.807, 2.05) is 28.8 Å². The molecule has 1 amide bonds. The number of nitrogens with zero attached hydrogens (tertiary/aromatic N) is 2. The van der Waals surface area contributed by atoms with Crippen LogP contribution in [-0.4, -0.2) is 36.7 Å². The van der Waals surface area contributed by atoms with Gasteiger partial charge in [0.05, 0.1) is 38.4 Å². The summed E-state index contributed by atoms with van der Waals surface area (Å²) < 4.78 is 57.1. The van der Waals surface area contributed by atoms with E-state index in [0.717, 1.165) is 21.1 Å². The van der Waals surface area contributed by atoms with Gasteiger partial charge in [-0.15, -0.1) is 0 Å². The third-order valence-electron chi connectivity index (χ3n) is 7.65. The zero-order valence-electron chi connectivity index (χ0n) is 23.4. The van der Waals surface area contributed by atoms with Gasteiger partial charge in [-0.25, -0.2) is 17.8 Å². The average Bonchev–Trinajstić information content (AvgIpc) is 3.55. The number of hydrogen-bond acceptors (Lipinski definition) is 6. The first kappa shape index (κ1) is 28.1. The van der Waals surface area contributed by atoms with Crippen molar-refractivity contribution in [2.45, 2.75) is 13.7 Å². The van der Waals surface area contributed by atoms with Crippen LogP contribution in [0.5, 0.6) is 5.75 Å². The number of halogens is 2. The highest BCUT2D eigenvalue weighted by Gasteiger charge is 2.28. The lowest BCUT2D eigenvalue weighted by Crippen LogP contribution is -2.18. The van der Waals surface area contributed by atoms with Gasteiger partial charge in [0.2, 0.25) is 10.0 Å².